The number of rotatable bonds is 9. The predicted molar refractivity (Wildman–Crippen MR) is 186 cm³/mol. The molecule has 6 rings (SSSR count). The number of amides is 6. The highest BCUT2D eigenvalue weighted by Gasteiger charge is 2.36. The van der Waals surface area contributed by atoms with Gasteiger partial charge < -0.3 is 45.0 Å². The van der Waals surface area contributed by atoms with Crippen LogP contribution in [0.4, 0.5) is 21.0 Å². The molecule has 0 radical (unpaired) electrons. The molecule has 3 N–H and O–H groups in total. The van der Waals surface area contributed by atoms with Crippen molar-refractivity contribution in [1.82, 2.24) is 24.9 Å². The molecule has 0 spiro atoms. The monoisotopic (exact) mass is 675 g/mol. The number of fused-ring (bicyclic) bond motifs is 1. The molecule has 3 fully saturated rings. The Morgan fingerprint density at radius 3 is 2.14 bits per heavy atom. The molecule has 264 valence electrons. The highest BCUT2D eigenvalue weighted by molar-refractivity contribution is 5.96. The number of urea groups is 2. The van der Waals surface area contributed by atoms with Gasteiger partial charge in [0.15, 0.2) is 0 Å². The zero-order chi connectivity index (χ0) is 34.3. The molecule has 13 nitrogen and oxygen atoms in total. The minimum atomic E-state index is -1.03. The van der Waals surface area contributed by atoms with E-state index in [1.807, 2.05) is 29.2 Å². The lowest BCUT2D eigenvalue weighted by molar-refractivity contribution is -0.140. The van der Waals surface area contributed by atoms with E-state index >= 15 is 0 Å². The highest BCUT2D eigenvalue weighted by atomic mass is 16.5. The van der Waals surface area contributed by atoms with Crippen molar-refractivity contribution in [3.8, 4) is 11.5 Å². The Morgan fingerprint density at radius 2 is 1.47 bits per heavy atom. The number of hydrogen-bond donors (Lipinski definition) is 3. The van der Waals surface area contributed by atoms with Gasteiger partial charge in [-0.25, -0.2) is 9.59 Å². The van der Waals surface area contributed by atoms with E-state index in [0.29, 0.717) is 68.8 Å². The second-order valence-corrected chi connectivity index (χ2v) is 13.4. The van der Waals surface area contributed by atoms with Gasteiger partial charge in [-0.1, -0.05) is 24.6 Å². The third-order valence-corrected chi connectivity index (χ3v) is 10.4. The number of hydrogen-bond acceptors (Lipinski definition) is 7. The minimum absolute atomic E-state index is 0.000192. The quantitative estimate of drug-likeness (QED) is 0.364. The predicted octanol–water partition coefficient (Wildman–Crippen LogP) is 4.10. The van der Waals surface area contributed by atoms with E-state index in [2.05, 4.69) is 20.9 Å². The fraction of sp³-hybridized carbons (Fsp3) is 0.556. The topological polar surface area (TPSA) is 136 Å². The van der Waals surface area contributed by atoms with Crippen molar-refractivity contribution >= 4 is 35.3 Å². The summed E-state index contributed by atoms with van der Waals surface area (Å²) in [6.45, 7) is 4.86. The summed E-state index contributed by atoms with van der Waals surface area (Å²) < 4.78 is 10.7. The minimum Gasteiger partial charge on any atom is -0.497 e. The summed E-state index contributed by atoms with van der Waals surface area (Å²) in [5.41, 5.74) is 2.34. The normalized spacial score (nSPS) is 19.8. The Labute approximate surface area is 288 Å². The average molecular weight is 676 g/mol. The third-order valence-electron chi connectivity index (χ3n) is 10.4. The van der Waals surface area contributed by atoms with Crippen molar-refractivity contribution in [2.24, 2.45) is 0 Å². The Bertz CT molecular complexity index is 1480. The van der Waals surface area contributed by atoms with Crippen molar-refractivity contribution in [2.45, 2.75) is 76.0 Å². The van der Waals surface area contributed by atoms with Gasteiger partial charge >= 0.3 is 12.1 Å². The molecular formula is C36H49N7O6. The number of ether oxygens (including phenoxy) is 2. The summed E-state index contributed by atoms with van der Waals surface area (Å²) in [4.78, 5) is 61.9. The van der Waals surface area contributed by atoms with E-state index in [1.165, 1.54) is 33.5 Å². The standard InChI is InChI=1S/C36H49N7O6/c1-48-29-20-26(21-30(22-29)49-2)37-35(46)38-32(34(45)42-18-10-27(11-19-42)40-14-6-3-7-15-40)23-33(44)41-16-12-28(13-17-41)43-24-25-8-4-5-9-31(25)39-36(43)47/h4-5,8-9,20-22,27-28,32H,3,6-7,10-19,23-24H2,1-2H3,(H,39,47)(H2,37,38,46)/t32-/m0/s1. The highest BCUT2D eigenvalue weighted by Crippen LogP contribution is 2.29. The van der Waals surface area contributed by atoms with Gasteiger partial charge in [-0.05, 0) is 63.2 Å². The number of carbonyl (C=O) groups is 4. The van der Waals surface area contributed by atoms with Crippen molar-refractivity contribution in [3.63, 3.8) is 0 Å². The zero-order valence-electron chi connectivity index (χ0n) is 28.6. The van der Waals surface area contributed by atoms with Gasteiger partial charge in [0.2, 0.25) is 11.8 Å². The second-order valence-electron chi connectivity index (χ2n) is 13.4. The molecule has 0 aromatic heterocycles. The van der Waals surface area contributed by atoms with E-state index in [-0.39, 0.29) is 30.3 Å². The summed E-state index contributed by atoms with van der Waals surface area (Å²) in [6, 6.07) is 11.5. The molecule has 0 unspecified atom stereocenters. The lowest BCUT2D eigenvalue weighted by Crippen LogP contribution is -2.56. The largest absolute Gasteiger partial charge is 0.497 e. The Kier molecular flexibility index (Phi) is 11.1. The number of para-hydroxylation sites is 1. The first kappa shape index (κ1) is 34.3. The maximum Gasteiger partial charge on any atom is 0.322 e. The molecule has 0 aliphatic carbocycles. The van der Waals surface area contributed by atoms with Crippen LogP contribution in [0.2, 0.25) is 0 Å². The van der Waals surface area contributed by atoms with Gasteiger partial charge in [0, 0.05) is 74.4 Å². The van der Waals surface area contributed by atoms with Crippen molar-refractivity contribution in [1.29, 1.82) is 0 Å². The summed E-state index contributed by atoms with van der Waals surface area (Å²) in [5.74, 6) is 0.562. The van der Waals surface area contributed by atoms with Crippen LogP contribution < -0.4 is 25.4 Å². The SMILES string of the molecule is COc1cc(NC(=O)N[C@@H](CC(=O)N2CCC(N3Cc4ccccc4NC3=O)CC2)C(=O)N2CCC(N3CCCCC3)CC2)cc(OC)c1. The zero-order valence-corrected chi connectivity index (χ0v) is 28.6. The summed E-state index contributed by atoms with van der Waals surface area (Å²) in [7, 11) is 3.05. The number of anilines is 2. The molecular weight excluding hydrogens is 626 g/mol. The van der Waals surface area contributed by atoms with Gasteiger partial charge in [0.1, 0.15) is 17.5 Å². The number of nitrogens with zero attached hydrogens (tertiary/aromatic N) is 4. The van der Waals surface area contributed by atoms with E-state index < -0.39 is 12.1 Å². The molecule has 2 aromatic rings. The maximum absolute atomic E-state index is 14.0. The number of nitrogens with one attached hydrogen (secondary N) is 3. The number of piperidine rings is 3. The summed E-state index contributed by atoms with van der Waals surface area (Å²) in [5, 5.41) is 8.58. The fourth-order valence-corrected chi connectivity index (χ4v) is 7.61. The van der Waals surface area contributed by atoms with Crippen LogP contribution >= 0.6 is 0 Å². The van der Waals surface area contributed by atoms with Crippen LogP contribution in [-0.2, 0) is 16.1 Å². The van der Waals surface area contributed by atoms with E-state index in [4.69, 9.17) is 9.47 Å². The average Bonchev–Trinajstić information content (AvgIpc) is 3.14. The van der Waals surface area contributed by atoms with Crippen LogP contribution in [0.25, 0.3) is 0 Å². The molecule has 0 bridgehead atoms. The van der Waals surface area contributed by atoms with Crippen LogP contribution in [0.1, 0.15) is 56.9 Å². The van der Waals surface area contributed by atoms with E-state index in [1.54, 1.807) is 28.0 Å². The number of benzene rings is 2. The third kappa shape index (κ3) is 8.38. The van der Waals surface area contributed by atoms with Crippen molar-refractivity contribution < 1.29 is 28.7 Å². The molecule has 1 atom stereocenters. The van der Waals surface area contributed by atoms with Gasteiger partial charge in [-0.2, -0.15) is 0 Å². The van der Waals surface area contributed by atoms with E-state index in [9.17, 15) is 19.2 Å². The lowest BCUT2D eigenvalue weighted by atomic mass is 9.98. The fourth-order valence-electron chi connectivity index (χ4n) is 7.61. The van der Waals surface area contributed by atoms with Crippen LogP contribution in [0, 0.1) is 0 Å². The summed E-state index contributed by atoms with van der Waals surface area (Å²) >= 11 is 0. The molecule has 49 heavy (non-hydrogen) atoms. The Morgan fingerprint density at radius 1 is 0.837 bits per heavy atom. The molecule has 3 saturated heterocycles. The molecule has 4 aliphatic heterocycles. The molecule has 6 amide bonds. The lowest BCUT2D eigenvalue weighted by Gasteiger charge is -2.41. The van der Waals surface area contributed by atoms with Crippen LogP contribution in [0.5, 0.6) is 11.5 Å². The maximum atomic E-state index is 14.0. The van der Waals surface area contributed by atoms with Gasteiger partial charge in [0.05, 0.1) is 20.6 Å². The Hall–Kier alpha value is -4.52. The number of likely N-dealkylation sites (tertiary alicyclic amines) is 3. The molecule has 4 heterocycles. The Balaban J connectivity index is 1.09. The number of carbonyl (C=O) groups excluding carboxylic acids is 4. The smallest absolute Gasteiger partial charge is 0.322 e. The van der Waals surface area contributed by atoms with Crippen molar-refractivity contribution in [3.05, 3.63) is 48.0 Å². The first-order chi connectivity index (χ1) is 23.8. The molecule has 2 aromatic carbocycles. The first-order valence-corrected chi connectivity index (χ1v) is 17.6. The van der Waals surface area contributed by atoms with Crippen LogP contribution in [0.15, 0.2) is 42.5 Å². The molecule has 0 saturated carbocycles. The van der Waals surface area contributed by atoms with Gasteiger partial charge in [0.25, 0.3) is 0 Å². The molecule has 13 heteroatoms. The number of methoxy groups -OCH3 is 2. The first-order valence-electron chi connectivity index (χ1n) is 17.6. The van der Waals surface area contributed by atoms with Crippen molar-refractivity contribution in [2.75, 3.05) is 64.1 Å². The van der Waals surface area contributed by atoms with Crippen LogP contribution in [-0.4, -0.2) is 115 Å². The van der Waals surface area contributed by atoms with Crippen LogP contribution in [0.3, 0.4) is 0 Å². The van der Waals surface area contributed by atoms with Gasteiger partial charge in [-0.15, -0.1) is 0 Å². The molecule has 4 aliphatic rings. The van der Waals surface area contributed by atoms with Gasteiger partial charge in [-0.3, -0.25) is 9.59 Å². The second kappa shape index (κ2) is 15.8. The van der Waals surface area contributed by atoms with E-state index in [0.717, 1.165) is 37.2 Å². The summed E-state index contributed by atoms with van der Waals surface area (Å²) in [6.07, 6.45) is 6.59.